The zero-order valence-electron chi connectivity index (χ0n) is 9.36. The number of phenolic OH excluding ortho intramolecular Hbond substituents is 1. The van der Waals surface area contributed by atoms with Crippen molar-refractivity contribution in [3.05, 3.63) is 29.8 Å². The molecule has 0 saturated carbocycles. The maximum Gasteiger partial charge on any atom is 0.133 e. The summed E-state index contributed by atoms with van der Waals surface area (Å²) in [5.74, 6) is 0.977. The number of aromatic hydroxyl groups is 1. The topological polar surface area (TPSA) is 37.3 Å². The number of para-hydroxylation sites is 1. The minimum Gasteiger partial charge on any atom is -0.508 e. The van der Waals surface area contributed by atoms with Gasteiger partial charge in [-0.25, -0.2) is 0 Å². The van der Waals surface area contributed by atoms with Gasteiger partial charge in [-0.3, -0.25) is 4.79 Å². The molecule has 2 nitrogen and oxygen atoms in total. The van der Waals surface area contributed by atoms with Gasteiger partial charge in [0.1, 0.15) is 11.5 Å². The average molecular weight is 206 g/mol. The maximum absolute atomic E-state index is 11.5. The van der Waals surface area contributed by atoms with Gasteiger partial charge in [-0.05, 0) is 24.0 Å². The lowest BCUT2D eigenvalue weighted by molar-refractivity contribution is -0.119. The van der Waals surface area contributed by atoms with Gasteiger partial charge < -0.3 is 5.11 Å². The van der Waals surface area contributed by atoms with E-state index in [9.17, 15) is 9.90 Å². The van der Waals surface area contributed by atoms with Gasteiger partial charge in [0.25, 0.3) is 0 Å². The second-order valence-corrected chi connectivity index (χ2v) is 4.27. The number of carbonyl (C=O) groups excluding carboxylic acids is 1. The Hall–Kier alpha value is -1.31. The van der Waals surface area contributed by atoms with Crippen LogP contribution in [0.1, 0.15) is 32.3 Å². The molecule has 1 N–H and O–H groups in total. The number of ketones is 1. The van der Waals surface area contributed by atoms with Crippen LogP contribution in [0.2, 0.25) is 0 Å². The quantitative estimate of drug-likeness (QED) is 0.804. The van der Waals surface area contributed by atoms with Crippen molar-refractivity contribution in [2.75, 3.05) is 0 Å². The molecule has 0 aliphatic carbocycles. The van der Waals surface area contributed by atoms with E-state index in [0.717, 1.165) is 5.56 Å². The summed E-state index contributed by atoms with van der Waals surface area (Å²) in [6.45, 7) is 4.08. The summed E-state index contributed by atoms with van der Waals surface area (Å²) in [6.07, 6.45) is 1.79. The third kappa shape index (κ3) is 4.15. The van der Waals surface area contributed by atoms with Crippen LogP contribution in [-0.4, -0.2) is 10.9 Å². The minimum absolute atomic E-state index is 0.272. The zero-order valence-corrected chi connectivity index (χ0v) is 9.36. The van der Waals surface area contributed by atoms with Crippen molar-refractivity contribution < 1.29 is 9.90 Å². The Morgan fingerprint density at radius 2 is 2.00 bits per heavy atom. The summed E-state index contributed by atoms with van der Waals surface area (Å²) in [4.78, 5) is 11.5. The van der Waals surface area contributed by atoms with Crippen LogP contribution in [0.25, 0.3) is 0 Å². The predicted octanol–water partition coefficient (Wildman–Crippen LogP) is 2.94. The van der Waals surface area contributed by atoms with Crippen molar-refractivity contribution in [1.29, 1.82) is 0 Å². The Labute approximate surface area is 90.9 Å². The Bertz CT molecular complexity index is 329. The lowest BCUT2D eigenvalue weighted by Gasteiger charge is -2.05. The normalized spacial score (nSPS) is 10.6. The van der Waals surface area contributed by atoms with Gasteiger partial charge in [-0.15, -0.1) is 0 Å². The number of aryl methyl sites for hydroxylation is 1. The fourth-order valence-corrected chi connectivity index (χ4v) is 1.55. The third-order valence-electron chi connectivity index (χ3n) is 2.30. The van der Waals surface area contributed by atoms with Crippen molar-refractivity contribution >= 4 is 5.78 Å². The molecule has 0 bridgehead atoms. The third-order valence-corrected chi connectivity index (χ3v) is 2.30. The van der Waals surface area contributed by atoms with Crippen LogP contribution >= 0.6 is 0 Å². The number of benzene rings is 1. The monoisotopic (exact) mass is 206 g/mol. The summed E-state index contributed by atoms with van der Waals surface area (Å²) in [5, 5.41) is 9.49. The predicted molar refractivity (Wildman–Crippen MR) is 60.9 cm³/mol. The number of Topliss-reactive ketones (excluding diaryl/α,β-unsaturated/α-hetero) is 1. The van der Waals surface area contributed by atoms with Crippen LogP contribution < -0.4 is 0 Å². The van der Waals surface area contributed by atoms with Crippen LogP contribution in [0, 0.1) is 5.92 Å². The van der Waals surface area contributed by atoms with E-state index in [4.69, 9.17) is 0 Å². The lowest BCUT2D eigenvalue weighted by atomic mass is 10.0. The largest absolute Gasteiger partial charge is 0.508 e. The summed E-state index contributed by atoms with van der Waals surface area (Å²) >= 11 is 0. The highest BCUT2D eigenvalue weighted by Gasteiger charge is 2.07. The van der Waals surface area contributed by atoms with Gasteiger partial charge in [0.05, 0.1) is 0 Å². The second kappa shape index (κ2) is 5.54. The van der Waals surface area contributed by atoms with Crippen molar-refractivity contribution in [3.8, 4) is 5.75 Å². The highest BCUT2D eigenvalue weighted by molar-refractivity contribution is 5.78. The molecule has 0 spiro atoms. The summed E-state index contributed by atoms with van der Waals surface area (Å²) in [7, 11) is 0. The van der Waals surface area contributed by atoms with Crippen LogP contribution in [0.4, 0.5) is 0 Å². The molecular formula is C13H18O2. The molecule has 15 heavy (non-hydrogen) atoms. The number of hydrogen-bond acceptors (Lipinski definition) is 2. The fraction of sp³-hybridized carbons (Fsp3) is 0.462. The lowest BCUT2D eigenvalue weighted by Crippen LogP contribution is -2.04. The fourth-order valence-electron chi connectivity index (χ4n) is 1.55. The molecule has 0 aliphatic rings. The maximum atomic E-state index is 11.5. The van der Waals surface area contributed by atoms with E-state index in [1.165, 1.54) is 0 Å². The Morgan fingerprint density at radius 3 is 2.60 bits per heavy atom. The van der Waals surface area contributed by atoms with Crippen molar-refractivity contribution in [1.82, 2.24) is 0 Å². The number of carbonyl (C=O) groups is 1. The van der Waals surface area contributed by atoms with Gasteiger partial charge >= 0.3 is 0 Å². The molecule has 0 fully saturated rings. The highest BCUT2D eigenvalue weighted by Crippen LogP contribution is 2.18. The van der Waals surface area contributed by atoms with E-state index >= 15 is 0 Å². The van der Waals surface area contributed by atoms with E-state index in [0.29, 0.717) is 25.2 Å². The van der Waals surface area contributed by atoms with Crippen LogP contribution in [0.5, 0.6) is 5.75 Å². The molecule has 1 rings (SSSR count). The molecule has 2 heteroatoms. The van der Waals surface area contributed by atoms with Crippen LogP contribution in [-0.2, 0) is 11.2 Å². The standard InChI is InChI=1S/C13H18O2/c1-10(2)9-12(14)8-7-11-5-3-4-6-13(11)15/h3-6,10,15H,7-9H2,1-2H3. The first-order valence-corrected chi connectivity index (χ1v) is 5.38. The summed E-state index contributed by atoms with van der Waals surface area (Å²) < 4.78 is 0. The molecular weight excluding hydrogens is 188 g/mol. The first-order chi connectivity index (χ1) is 7.09. The summed E-state index contributed by atoms with van der Waals surface area (Å²) in [5.41, 5.74) is 0.856. The Balaban J connectivity index is 2.44. The van der Waals surface area contributed by atoms with E-state index < -0.39 is 0 Å². The summed E-state index contributed by atoms with van der Waals surface area (Å²) in [6, 6.07) is 7.18. The van der Waals surface area contributed by atoms with Crippen molar-refractivity contribution in [3.63, 3.8) is 0 Å². The average Bonchev–Trinajstić information content (AvgIpc) is 2.15. The van der Waals surface area contributed by atoms with E-state index in [1.807, 2.05) is 26.0 Å². The smallest absolute Gasteiger partial charge is 0.133 e. The van der Waals surface area contributed by atoms with Crippen LogP contribution in [0.15, 0.2) is 24.3 Å². The first-order valence-electron chi connectivity index (χ1n) is 5.38. The number of rotatable bonds is 5. The Morgan fingerprint density at radius 1 is 1.33 bits per heavy atom. The molecule has 1 aromatic carbocycles. The number of phenols is 1. The molecule has 1 aromatic rings. The van der Waals surface area contributed by atoms with E-state index in [-0.39, 0.29) is 11.5 Å². The molecule has 0 radical (unpaired) electrons. The molecule has 0 saturated heterocycles. The molecule has 0 amide bonds. The van der Waals surface area contributed by atoms with E-state index in [1.54, 1.807) is 12.1 Å². The number of hydrogen-bond donors (Lipinski definition) is 1. The first kappa shape index (κ1) is 11.8. The highest BCUT2D eigenvalue weighted by atomic mass is 16.3. The van der Waals surface area contributed by atoms with Gasteiger partial charge in [0.2, 0.25) is 0 Å². The van der Waals surface area contributed by atoms with Crippen LogP contribution in [0.3, 0.4) is 0 Å². The second-order valence-electron chi connectivity index (χ2n) is 4.27. The van der Waals surface area contributed by atoms with Gasteiger partial charge in [-0.2, -0.15) is 0 Å². The molecule has 0 atom stereocenters. The molecule has 0 unspecified atom stereocenters. The van der Waals surface area contributed by atoms with Gasteiger partial charge in [0.15, 0.2) is 0 Å². The zero-order chi connectivity index (χ0) is 11.3. The van der Waals surface area contributed by atoms with Gasteiger partial charge in [-0.1, -0.05) is 32.0 Å². The molecule has 0 aliphatic heterocycles. The molecule has 0 aromatic heterocycles. The minimum atomic E-state index is 0.272. The van der Waals surface area contributed by atoms with Gasteiger partial charge in [0, 0.05) is 12.8 Å². The Kier molecular flexibility index (Phi) is 4.35. The van der Waals surface area contributed by atoms with E-state index in [2.05, 4.69) is 0 Å². The molecule has 0 heterocycles. The SMILES string of the molecule is CC(C)CC(=O)CCc1ccccc1O. The molecule has 82 valence electrons. The van der Waals surface area contributed by atoms with Crippen molar-refractivity contribution in [2.24, 2.45) is 5.92 Å². The van der Waals surface area contributed by atoms with Crippen molar-refractivity contribution in [2.45, 2.75) is 33.1 Å².